The lowest BCUT2D eigenvalue weighted by Gasteiger charge is -2.10. The number of pyridine rings is 1. The van der Waals surface area contributed by atoms with Crippen molar-refractivity contribution in [2.45, 2.75) is 20.8 Å². The third-order valence-corrected chi connectivity index (χ3v) is 5.70. The van der Waals surface area contributed by atoms with Gasteiger partial charge in [0.1, 0.15) is 5.82 Å². The minimum Gasteiger partial charge on any atom is -0.303 e. The summed E-state index contributed by atoms with van der Waals surface area (Å²) in [4.78, 5) is 22.6. The standard InChI is InChI=1S/C27H23N5O/c1-18-13-14-28-25(15-18)31-19(2)16-22(20(31)3)17-29-32-26(21-9-5-4-6-10-21)30-24-12-8-7-11-23(24)27(32)33/h4-17H,1-3H3. The summed E-state index contributed by atoms with van der Waals surface area (Å²) in [6.07, 6.45) is 3.53. The van der Waals surface area contributed by atoms with Crippen LogP contribution in [0.5, 0.6) is 0 Å². The van der Waals surface area contributed by atoms with Crippen LogP contribution in [0.2, 0.25) is 0 Å². The Morgan fingerprint density at radius 1 is 0.909 bits per heavy atom. The van der Waals surface area contributed by atoms with Crippen LogP contribution in [-0.4, -0.2) is 25.4 Å². The summed E-state index contributed by atoms with van der Waals surface area (Å²) in [5, 5.41) is 5.14. The predicted octanol–water partition coefficient (Wildman–Crippen LogP) is 5.06. The zero-order valence-electron chi connectivity index (χ0n) is 18.7. The Hall–Kier alpha value is -4.32. The zero-order valence-corrected chi connectivity index (χ0v) is 18.7. The van der Waals surface area contributed by atoms with Crippen LogP contribution in [0.15, 0.2) is 88.9 Å². The summed E-state index contributed by atoms with van der Waals surface area (Å²) in [7, 11) is 0. The number of rotatable bonds is 4. The SMILES string of the molecule is Cc1ccnc(-n2c(C)cc(C=Nn3c(-c4ccccc4)nc4ccccc4c3=O)c2C)c1. The number of hydrogen-bond acceptors (Lipinski definition) is 4. The molecule has 162 valence electrons. The van der Waals surface area contributed by atoms with Crippen molar-refractivity contribution >= 4 is 17.1 Å². The van der Waals surface area contributed by atoms with Crippen LogP contribution in [-0.2, 0) is 0 Å². The molecule has 0 aliphatic carbocycles. The van der Waals surface area contributed by atoms with E-state index >= 15 is 0 Å². The molecule has 0 bridgehead atoms. The summed E-state index contributed by atoms with van der Waals surface area (Å²) in [6.45, 7) is 6.11. The molecule has 5 aromatic rings. The number of hydrogen-bond donors (Lipinski definition) is 0. The van der Waals surface area contributed by atoms with Gasteiger partial charge in [-0.25, -0.2) is 9.97 Å². The van der Waals surface area contributed by atoms with Crippen molar-refractivity contribution < 1.29 is 0 Å². The molecule has 0 fully saturated rings. The molecule has 3 heterocycles. The lowest BCUT2D eigenvalue weighted by molar-refractivity contribution is 0.829. The highest BCUT2D eigenvalue weighted by Crippen LogP contribution is 2.21. The minimum atomic E-state index is -0.204. The first-order valence-electron chi connectivity index (χ1n) is 10.8. The van der Waals surface area contributed by atoms with E-state index in [0.717, 1.165) is 33.9 Å². The average Bonchev–Trinajstić information content (AvgIpc) is 3.11. The van der Waals surface area contributed by atoms with Gasteiger partial charge in [-0.15, -0.1) is 0 Å². The molecular formula is C27H23N5O. The fraction of sp³-hybridized carbons (Fsp3) is 0.111. The van der Waals surface area contributed by atoms with E-state index in [1.807, 2.05) is 93.7 Å². The molecule has 0 aliphatic rings. The molecule has 0 amide bonds. The van der Waals surface area contributed by atoms with Crippen LogP contribution in [0.4, 0.5) is 0 Å². The number of aromatic nitrogens is 4. The van der Waals surface area contributed by atoms with Gasteiger partial charge in [0.2, 0.25) is 0 Å². The fourth-order valence-corrected chi connectivity index (χ4v) is 4.04. The largest absolute Gasteiger partial charge is 0.303 e. The van der Waals surface area contributed by atoms with Gasteiger partial charge >= 0.3 is 0 Å². The van der Waals surface area contributed by atoms with Gasteiger partial charge in [0.15, 0.2) is 5.82 Å². The Kier molecular flexibility index (Phi) is 5.18. The first-order valence-corrected chi connectivity index (χ1v) is 10.8. The number of para-hydroxylation sites is 1. The molecule has 0 N–H and O–H groups in total. The molecule has 2 aromatic carbocycles. The number of aryl methyl sites for hydroxylation is 2. The van der Waals surface area contributed by atoms with Gasteiger partial charge in [0.25, 0.3) is 5.56 Å². The monoisotopic (exact) mass is 433 g/mol. The van der Waals surface area contributed by atoms with Crippen molar-refractivity contribution in [2.24, 2.45) is 5.10 Å². The van der Waals surface area contributed by atoms with Crippen LogP contribution in [0.1, 0.15) is 22.5 Å². The Bertz CT molecular complexity index is 1560. The summed E-state index contributed by atoms with van der Waals surface area (Å²) >= 11 is 0. The van der Waals surface area contributed by atoms with Gasteiger partial charge in [0.05, 0.1) is 17.1 Å². The van der Waals surface area contributed by atoms with Gasteiger partial charge < -0.3 is 4.57 Å². The maximum Gasteiger partial charge on any atom is 0.282 e. The maximum absolute atomic E-state index is 13.4. The summed E-state index contributed by atoms with van der Waals surface area (Å²) < 4.78 is 3.47. The quantitative estimate of drug-likeness (QED) is 0.372. The highest BCUT2D eigenvalue weighted by Gasteiger charge is 2.14. The molecular weight excluding hydrogens is 410 g/mol. The Morgan fingerprint density at radius 3 is 2.45 bits per heavy atom. The molecule has 6 heteroatoms. The lowest BCUT2D eigenvalue weighted by atomic mass is 10.2. The highest BCUT2D eigenvalue weighted by atomic mass is 16.1. The van der Waals surface area contributed by atoms with Crippen molar-refractivity contribution in [3.63, 3.8) is 0 Å². The third kappa shape index (κ3) is 3.76. The van der Waals surface area contributed by atoms with E-state index in [-0.39, 0.29) is 5.56 Å². The Balaban J connectivity index is 1.66. The van der Waals surface area contributed by atoms with Gasteiger partial charge in [-0.05, 0) is 56.7 Å². The molecule has 0 spiro atoms. The molecule has 0 unspecified atom stereocenters. The van der Waals surface area contributed by atoms with Crippen molar-refractivity contribution in [1.82, 2.24) is 19.2 Å². The Morgan fingerprint density at radius 2 is 1.67 bits per heavy atom. The minimum absolute atomic E-state index is 0.204. The molecule has 3 aromatic heterocycles. The van der Waals surface area contributed by atoms with E-state index in [2.05, 4.69) is 14.7 Å². The number of benzene rings is 2. The number of nitrogens with zero attached hydrogens (tertiary/aromatic N) is 5. The molecule has 0 saturated carbocycles. The summed E-state index contributed by atoms with van der Waals surface area (Å²) in [5.74, 6) is 1.36. The second kappa shape index (κ2) is 8.31. The van der Waals surface area contributed by atoms with Crippen molar-refractivity contribution in [1.29, 1.82) is 0 Å². The van der Waals surface area contributed by atoms with Gasteiger partial charge in [-0.2, -0.15) is 9.78 Å². The van der Waals surface area contributed by atoms with E-state index in [1.165, 1.54) is 4.68 Å². The van der Waals surface area contributed by atoms with Crippen LogP contribution in [0, 0.1) is 20.8 Å². The Labute approximate surface area is 191 Å². The molecule has 0 atom stereocenters. The smallest absolute Gasteiger partial charge is 0.282 e. The second-order valence-corrected chi connectivity index (χ2v) is 8.03. The summed E-state index contributed by atoms with van der Waals surface area (Å²) in [6, 6.07) is 23.1. The normalized spacial score (nSPS) is 11.5. The van der Waals surface area contributed by atoms with E-state index in [0.29, 0.717) is 16.7 Å². The summed E-state index contributed by atoms with van der Waals surface area (Å²) in [5.41, 5.74) is 5.36. The van der Waals surface area contributed by atoms with Crippen LogP contribution in [0.25, 0.3) is 28.1 Å². The van der Waals surface area contributed by atoms with Crippen molar-refractivity contribution in [2.75, 3.05) is 0 Å². The molecule has 5 rings (SSSR count). The van der Waals surface area contributed by atoms with Crippen LogP contribution < -0.4 is 5.56 Å². The van der Waals surface area contributed by atoms with Gasteiger partial charge in [0, 0.05) is 28.7 Å². The first-order chi connectivity index (χ1) is 16.0. The predicted molar refractivity (Wildman–Crippen MR) is 132 cm³/mol. The zero-order chi connectivity index (χ0) is 22.9. The highest BCUT2D eigenvalue weighted by molar-refractivity contribution is 5.83. The fourth-order valence-electron chi connectivity index (χ4n) is 4.04. The third-order valence-electron chi connectivity index (χ3n) is 5.70. The average molecular weight is 434 g/mol. The second-order valence-electron chi connectivity index (χ2n) is 8.03. The van der Waals surface area contributed by atoms with Crippen molar-refractivity contribution in [3.05, 3.63) is 112 Å². The van der Waals surface area contributed by atoms with Crippen LogP contribution >= 0.6 is 0 Å². The van der Waals surface area contributed by atoms with Gasteiger partial charge in [-0.1, -0.05) is 42.5 Å². The maximum atomic E-state index is 13.4. The van der Waals surface area contributed by atoms with E-state index in [9.17, 15) is 4.79 Å². The van der Waals surface area contributed by atoms with E-state index in [4.69, 9.17) is 4.98 Å². The molecule has 0 saturated heterocycles. The topological polar surface area (TPSA) is 65.1 Å². The van der Waals surface area contributed by atoms with E-state index in [1.54, 1.807) is 12.3 Å². The lowest BCUT2D eigenvalue weighted by Crippen LogP contribution is -2.20. The molecule has 33 heavy (non-hydrogen) atoms. The molecule has 0 aliphatic heterocycles. The van der Waals surface area contributed by atoms with Crippen LogP contribution in [0.3, 0.4) is 0 Å². The molecule has 0 radical (unpaired) electrons. The van der Waals surface area contributed by atoms with Gasteiger partial charge in [-0.3, -0.25) is 4.79 Å². The number of fused-ring (bicyclic) bond motifs is 1. The van der Waals surface area contributed by atoms with Crippen molar-refractivity contribution in [3.8, 4) is 17.2 Å². The first kappa shape index (κ1) is 20.6. The van der Waals surface area contributed by atoms with E-state index < -0.39 is 0 Å². The molecule has 6 nitrogen and oxygen atoms in total.